The average Bonchev–Trinajstić information content (AvgIpc) is 2.63. The summed E-state index contributed by atoms with van der Waals surface area (Å²) in [6.45, 7) is 7.22. The van der Waals surface area contributed by atoms with Crippen molar-refractivity contribution in [2.45, 2.75) is 27.2 Å². The number of benzene rings is 2. The molecule has 0 radical (unpaired) electrons. The first-order chi connectivity index (χ1) is 12.2. The highest BCUT2D eigenvalue weighted by Gasteiger charge is 2.10. The summed E-state index contributed by atoms with van der Waals surface area (Å²) < 4.78 is 0. The maximum absolute atomic E-state index is 4.69. The monoisotopic (exact) mass is 332 g/mol. The zero-order valence-corrected chi connectivity index (χ0v) is 15.0. The third-order valence-electron chi connectivity index (χ3n) is 4.17. The molecule has 1 N–H and O–H groups in total. The third-order valence-corrected chi connectivity index (χ3v) is 4.17. The zero-order chi connectivity index (χ0) is 17.6. The van der Waals surface area contributed by atoms with Crippen molar-refractivity contribution in [3.8, 4) is 0 Å². The van der Waals surface area contributed by atoms with Crippen LogP contribution in [-0.2, 0) is 6.42 Å². The number of aryl methyl sites for hydroxylation is 2. The largest absolute Gasteiger partial charge is 0.326 e. The van der Waals surface area contributed by atoms with Crippen molar-refractivity contribution in [2.24, 2.45) is 0 Å². The van der Waals surface area contributed by atoms with E-state index in [1.54, 1.807) is 6.20 Å². The summed E-state index contributed by atoms with van der Waals surface area (Å²) >= 11 is 0. The number of hydrogen-bond donors (Lipinski definition) is 1. The lowest BCUT2D eigenvalue weighted by Gasteiger charge is -2.22. The molecule has 4 heteroatoms. The predicted molar refractivity (Wildman–Crippen MR) is 105 cm³/mol. The number of nitrogens with zero attached hydrogens (tertiary/aromatic N) is 3. The second-order valence-electron chi connectivity index (χ2n) is 6.00. The lowest BCUT2D eigenvalue weighted by atomic mass is 10.1. The first-order valence-corrected chi connectivity index (χ1v) is 8.72. The third kappa shape index (κ3) is 4.15. The van der Waals surface area contributed by atoms with Crippen LogP contribution in [0.15, 0.2) is 60.8 Å². The Morgan fingerprint density at radius 3 is 2.48 bits per heavy atom. The van der Waals surface area contributed by atoms with Crippen molar-refractivity contribution in [3.05, 3.63) is 71.9 Å². The van der Waals surface area contributed by atoms with Crippen LogP contribution in [0, 0.1) is 6.92 Å². The molecule has 0 atom stereocenters. The molecule has 0 unspecified atom stereocenters. The van der Waals surface area contributed by atoms with E-state index in [0.29, 0.717) is 5.95 Å². The van der Waals surface area contributed by atoms with Gasteiger partial charge in [0.1, 0.15) is 5.82 Å². The van der Waals surface area contributed by atoms with Crippen LogP contribution in [0.1, 0.15) is 25.0 Å². The molecule has 3 rings (SSSR count). The first-order valence-electron chi connectivity index (χ1n) is 8.72. The Morgan fingerprint density at radius 1 is 1.00 bits per heavy atom. The van der Waals surface area contributed by atoms with Crippen molar-refractivity contribution < 1.29 is 0 Å². The highest BCUT2D eigenvalue weighted by atomic mass is 15.2. The fourth-order valence-corrected chi connectivity index (χ4v) is 2.79. The molecule has 0 saturated heterocycles. The second-order valence-corrected chi connectivity index (χ2v) is 6.00. The SMILES string of the molecule is CCc1ccc(Nc2nccc(N(CC)c3cccc(C)c3)n2)cc1. The molecule has 128 valence electrons. The van der Waals surface area contributed by atoms with E-state index in [1.807, 2.05) is 6.07 Å². The van der Waals surface area contributed by atoms with Crippen LogP contribution in [0.5, 0.6) is 0 Å². The molecular formula is C21H24N4. The fraction of sp³-hybridized carbons (Fsp3) is 0.238. The minimum Gasteiger partial charge on any atom is -0.326 e. The molecule has 0 aliphatic rings. The van der Waals surface area contributed by atoms with E-state index < -0.39 is 0 Å². The van der Waals surface area contributed by atoms with Gasteiger partial charge in [0.25, 0.3) is 0 Å². The Kier molecular flexibility index (Phi) is 5.29. The van der Waals surface area contributed by atoms with Crippen LogP contribution in [0.25, 0.3) is 0 Å². The van der Waals surface area contributed by atoms with Crippen molar-refractivity contribution in [1.82, 2.24) is 9.97 Å². The van der Waals surface area contributed by atoms with Crippen LogP contribution in [0.4, 0.5) is 23.1 Å². The topological polar surface area (TPSA) is 41.1 Å². The molecule has 3 aromatic rings. The van der Waals surface area contributed by atoms with Gasteiger partial charge in [0.05, 0.1) is 0 Å². The Morgan fingerprint density at radius 2 is 1.80 bits per heavy atom. The van der Waals surface area contributed by atoms with E-state index in [2.05, 4.69) is 84.5 Å². The summed E-state index contributed by atoms with van der Waals surface area (Å²) in [4.78, 5) is 11.2. The molecule has 0 fully saturated rings. The van der Waals surface area contributed by atoms with Gasteiger partial charge in [0.2, 0.25) is 5.95 Å². The molecule has 0 saturated carbocycles. The van der Waals surface area contributed by atoms with E-state index in [1.165, 1.54) is 11.1 Å². The summed E-state index contributed by atoms with van der Waals surface area (Å²) in [6.07, 6.45) is 2.83. The molecule has 0 aliphatic carbocycles. The molecule has 0 bridgehead atoms. The van der Waals surface area contributed by atoms with Gasteiger partial charge in [-0.15, -0.1) is 0 Å². The minimum atomic E-state index is 0.604. The Labute approximate surface area is 149 Å². The summed E-state index contributed by atoms with van der Waals surface area (Å²) in [6, 6.07) is 18.8. The summed E-state index contributed by atoms with van der Waals surface area (Å²) in [5.41, 5.74) is 4.68. The van der Waals surface area contributed by atoms with Crippen LogP contribution in [0.3, 0.4) is 0 Å². The molecular weight excluding hydrogens is 308 g/mol. The number of hydrogen-bond acceptors (Lipinski definition) is 4. The summed E-state index contributed by atoms with van der Waals surface area (Å²) in [5, 5.41) is 3.29. The van der Waals surface area contributed by atoms with E-state index in [4.69, 9.17) is 4.98 Å². The van der Waals surface area contributed by atoms with Crippen molar-refractivity contribution >= 4 is 23.1 Å². The molecule has 25 heavy (non-hydrogen) atoms. The molecule has 2 aromatic carbocycles. The van der Waals surface area contributed by atoms with Crippen molar-refractivity contribution in [3.63, 3.8) is 0 Å². The van der Waals surface area contributed by atoms with Gasteiger partial charge in [0.15, 0.2) is 0 Å². The second kappa shape index (κ2) is 7.79. The zero-order valence-electron chi connectivity index (χ0n) is 15.0. The molecule has 1 aromatic heterocycles. The summed E-state index contributed by atoms with van der Waals surface area (Å²) in [7, 11) is 0. The van der Waals surface area contributed by atoms with Gasteiger partial charge < -0.3 is 10.2 Å². The van der Waals surface area contributed by atoms with Crippen LogP contribution >= 0.6 is 0 Å². The smallest absolute Gasteiger partial charge is 0.229 e. The van der Waals surface area contributed by atoms with Gasteiger partial charge in [-0.3, -0.25) is 0 Å². The number of aromatic nitrogens is 2. The Bertz CT molecular complexity index is 827. The van der Waals surface area contributed by atoms with Crippen molar-refractivity contribution in [2.75, 3.05) is 16.8 Å². The van der Waals surface area contributed by atoms with Gasteiger partial charge in [-0.25, -0.2) is 4.98 Å². The van der Waals surface area contributed by atoms with Gasteiger partial charge in [0, 0.05) is 24.1 Å². The standard InChI is InChI=1S/C21H24N4/c1-4-17-9-11-18(12-10-17)23-21-22-14-13-20(24-21)25(5-2)19-8-6-7-16(3)15-19/h6-15H,4-5H2,1-3H3,(H,22,23,24). The maximum atomic E-state index is 4.69. The molecule has 0 amide bonds. The Balaban J connectivity index is 1.84. The summed E-state index contributed by atoms with van der Waals surface area (Å²) in [5.74, 6) is 1.49. The predicted octanol–water partition coefficient (Wildman–Crippen LogP) is 5.25. The molecule has 1 heterocycles. The quantitative estimate of drug-likeness (QED) is 0.669. The van der Waals surface area contributed by atoms with Crippen molar-refractivity contribution in [1.29, 1.82) is 0 Å². The lowest BCUT2D eigenvalue weighted by molar-refractivity contribution is 0.977. The van der Waals surface area contributed by atoms with Gasteiger partial charge >= 0.3 is 0 Å². The molecule has 0 spiro atoms. The van der Waals surface area contributed by atoms with E-state index in [-0.39, 0.29) is 0 Å². The number of nitrogens with one attached hydrogen (secondary N) is 1. The number of rotatable bonds is 6. The normalized spacial score (nSPS) is 10.5. The van der Waals surface area contributed by atoms with Crippen LogP contribution in [-0.4, -0.2) is 16.5 Å². The lowest BCUT2D eigenvalue weighted by Crippen LogP contribution is -2.18. The average molecular weight is 332 g/mol. The Hall–Kier alpha value is -2.88. The highest BCUT2D eigenvalue weighted by molar-refractivity contribution is 5.62. The van der Waals surface area contributed by atoms with E-state index in [9.17, 15) is 0 Å². The van der Waals surface area contributed by atoms with Gasteiger partial charge in [-0.1, -0.05) is 31.2 Å². The van der Waals surface area contributed by atoms with E-state index in [0.717, 1.165) is 30.2 Å². The van der Waals surface area contributed by atoms with Crippen LogP contribution < -0.4 is 10.2 Å². The van der Waals surface area contributed by atoms with Crippen LogP contribution in [0.2, 0.25) is 0 Å². The van der Waals surface area contributed by atoms with E-state index >= 15 is 0 Å². The maximum Gasteiger partial charge on any atom is 0.229 e. The minimum absolute atomic E-state index is 0.604. The molecule has 4 nitrogen and oxygen atoms in total. The fourth-order valence-electron chi connectivity index (χ4n) is 2.79. The molecule has 0 aliphatic heterocycles. The van der Waals surface area contributed by atoms with Gasteiger partial charge in [-0.05, 0) is 61.7 Å². The van der Waals surface area contributed by atoms with Gasteiger partial charge in [-0.2, -0.15) is 4.98 Å². The highest BCUT2D eigenvalue weighted by Crippen LogP contribution is 2.25. The number of anilines is 4. The first kappa shape index (κ1) is 17.0.